The Morgan fingerprint density at radius 2 is 2.05 bits per heavy atom. The second-order valence-electron chi connectivity index (χ2n) is 5.31. The molecule has 1 aliphatic carbocycles. The number of hydrogen-bond acceptors (Lipinski definition) is 3. The summed E-state index contributed by atoms with van der Waals surface area (Å²) in [5.74, 6) is -1.03. The molecule has 1 aromatic carbocycles. The van der Waals surface area contributed by atoms with Crippen molar-refractivity contribution in [3.63, 3.8) is 0 Å². The Morgan fingerprint density at radius 1 is 1.43 bits per heavy atom. The molecule has 0 unspecified atom stereocenters. The van der Waals surface area contributed by atoms with Crippen LogP contribution < -0.4 is 11.1 Å². The topological polar surface area (TPSA) is 92.4 Å². The minimum absolute atomic E-state index is 0.146. The maximum absolute atomic E-state index is 12.2. The Kier molecular flexibility index (Phi) is 4.34. The van der Waals surface area contributed by atoms with Gasteiger partial charge in [0.15, 0.2) is 0 Å². The summed E-state index contributed by atoms with van der Waals surface area (Å²) in [7, 11) is 0. The summed E-state index contributed by atoms with van der Waals surface area (Å²) in [5, 5.41) is 12.5. The fourth-order valence-corrected chi connectivity index (χ4v) is 2.51. The van der Waals surface area contributed by atoms with E-state index in [1.807, 2.05) is 6.07 Å². The Hall–Kier alpha value is -1.85. The van der Waals surface area contributed by atoms with Crippen LogP contribution in [0.25, 0.3) is 6.08 Å². The van der Waals surface area contributed by atoms with E-state index in [2.05, 4.69) is 5.32 Å². The zero-order valence-corrected chi connectivity index (χ0v) is 12.4. The van der Waals surface area contributed by atoms with Crippen LogP contribution in [0.2, 0.25) is 5.02 Å². The van der Waals surface area contributed by atoms with Crippen LogP contribution >= 0.6 is 11.6 Å². The van der Waals surface area contributed by atoms with Crippen LogP contribution in [0.3, 0.4) is 0 Å². The van der Waals surface area contributed by atoms with Gasteiger partial charge in [0.05, 0.1) is 6.10 Å². The monoisotopic (exact) mass is 308 g/mol. The Balaban J connectivity index is 2.13. The van der Waals surface area contributed by atoms with E-state index in [1.54, 1.807) is 31.2 Å². The number of carbonyl (C=O) groups excluding carboxylic acids is 2. The number of hydrogen-bond donors (Lipinski definition) is 3. The largest absolute Gasteiger partial charge is 0.393 e. The summed E-state index contributed by atoms with van der Waals surface area (Å²) in [6, 6.07) is 7.13. The summed E-state index contributed by atoms with van der Waals surface area (Å²) < 4.78 is 0. The zero-order chi connectivity index (χ0) is 15.6. The molecule has 112 valence electrons. The molecule has 0 heterocycles. The lowest BCUT2D eigenvalue weighted by molar-refractivity contribution is -0.138. The standard InChI is InChI=1S/C15H17ClN2O3/c1-9(6-10-4-2-3-5-12(10)16)13(20)18-15(14(17)21)7-11(19)8-15/h2-6,11,19H,7-8H2,1H3,(H2,17,21)(H,18,20)/b9-6+. The fraction of sp³-hybridized carbons (Fsp3) is 0.333. The van der Waals surface area contributed by atoms with Crippen molar-refractivity contribution in [3.05, 3.63) is 40.4 Å². The predicted octanol–water partition coefficient (Wildman–Crippen LogP) is 1.24. The third-order valence-corrected chi connectivity index (χ3v) is 3.97. The van der Waals surface area contributed by atoms with Gasteiger partial charge in [-0.3, -0.25) is 9.59 Å². The summed E-state index contributed by atoms with van der Waals surface area (Å²) in [5.41, 5.74) is 5.29. The lowest BCUT2D eigenvalue weighted by atomic mass is 9.73. The highest BCUT2D eigenvalue weighted by molar-refractivity contribution is 6.32. The first-order valence-corrected chi connectivity index (χ1v) is 6.95. The number of halogens is 1. The molecule has 6 heteroatoms. The summed E-state index contributed by atoms with van der Waals surface area (Å²) in [6.07, 6.45) is 1.33. The molecular formula is C15H17ClN2O3. The highest BCUT2D eigenvalue weighted by atomic mass is 35.5. The van der Waals surface area contributed by atoms with Crippen molar-refractivity contribution in [1.29, 1.82) is 0 Å². The molecule has 2 amide bonds. The van der Waals surface area contributed by atoms with E-state index in [9.17, 15) is 14.7 Å². The number of nitrogens with two attached hydrogens (primary N) is 1. The van der Waals surface area contributed by atoms with Crippen LogP contribution in [0.1, 0.15) is 25.3 Å². The summed E-state index contributed by atoms with van der Waals surface area (Å²) >= 11 is 6.03. The molecule has 0 aromatic heterocycles. The number of nitrogens with one attached hydrogen (secondary N) is 1. The van der Waals surface area contributed by atoms with Crippen LogP contribution in [-0.4, -0.2) is 28.6 Å². The molecule has 1 saturated carbocycles. The molecule has 0 aliphatic heterocycles. The maximum Gasteiger partial charge on any atom is 0.247 e. The molecule has 0 radical (unpaired) electrons. The molecule has 1 aromatic rings. The van der Waals surface area contributed by atoms with Gasteiger partial charge in [0.25, 0.3) is 0 Å². The second kappa shape index (κ2) is 5.87. The number of carbonyl (C=O) groups is 2. The van der Waals surface area contributed by atoms with Crippen molar-refractivity contribution in [2.45, 2.75) is 31.4 Å². The van der Waals surface area contributed by atoms with Crippen molar-refractivity contribution in [3.8, 4) is 0 Å². The SMILES string of the molecule is C/C(=C\c1ccccc1Cl)C(=O)NC1(C(N)=O)CC(O)C1. The van der Waals surface area contributed by atoms with Gasteiger partial charge in [0.2, 0.25) is 11.8 Å². The number of aliphatic hydroxyl groups excluding tert-OH is 1. The third-order valence-electron chi connectivity index (χ3n) is 3.63. The van der Waals surface area contributed by atoms with Crippen LogP contribution in [0.15, 0.2) is 29.8 Å². The lowest BCUT2D eigenvalue weighted by Crippen LogP contribution is -2.66. The van der Waals surface area contributed by atoms with Crippen molar-refractivity contribution in [2.24, 2.45) is 5.73 Å². The highest BCUT2D eigenvalue weighted by Gasteiger charge is 2.49. The van der Waals surface area contributed by atoms with Crippen LogP contribution in [0.5, 0.6) is 0 Å². The normalized spacial score (nSPS) is 25.1. The molecule has 0 atom stereocenters. The van der Waals surface area contributed by atoms with E-state index in [0.717, 1.165) is 0 Å². The van der Waals surface area contributed by atoms with Gasteiger partial charge in [-0.15, -0.1) is 0 Å². The van der Waals surface area contributed by atoms with Gasteiger partial charge in [-0.05, 0) is 24.6 Å². The molecule has 1 fully saturated rings. The third kappa shape index (κ3) is 3.25. The minimum Gasteiger partial charge on any atom is -0.393 e. The van der Waals surface area contributed by atoms with Gasteiger partial charge in [-0.2, -0.15) is 0 Å². The van der Waals surface area contributed by atoms with Crippen molar-refractivity contribution < 1.29 is 14.7 Å². The first-order valence-electron chi connectivity index (χ1n) is 6.57. The Morgan fingerprint density at radius 3 is 2.57 bits per heavy atom. The van der Waals surface area contributed by atoms with E-state index in [-0.39, 0.29) is 12.8 Å². The van der Waals surface area contributed by atoms with E-state index in [1.165, 1.54) is 0 Å². The molecule has 0 spiro atoms. The molecule has 1 aliphatic rings. The van der Waals surface area contributed by atoms with E-state index >= 15 is 0 Å². The second-order valence-corrected chi connectivity index (χ2v) is 5.72. The van der Waals surface area contributed by atoms with Gasteiger partial charge >= 0.3 is 0 Å². The maximum atomic E-state index is 12.2. The van der Waals surface area contributed by atoms with Crippen molar-refractivity contribution >= 4 is 29.5 Å². The molecule has 2 rings (SSSR count). The van der Waals surface area contributed by atoms with E-state index in [0.29, 0.717) is 16.2 Å². The molecular weight excluding hydrogens is 292 g/mol. The fourth-order valence-electron chi connectivity index (χ4n) is 2.32. The number of primary amides is 1. The van der Waals surface area contributed by atoms with Gasteiger partial charge in [-0.1, -0.05) is 29.8 Å². The quantitative estimate of drug-likeness (QED) is 0.731. The highest BCUT2D eigenvalue weighted by Crippen LogP contribution is 2.32. The minimum atomic E-state index is -1.15. The predicted molar refractivity (Wildman–Crippen MR) is 80.4 cm³/mol. The van der Waals surface area contributed by atoms with Crippen LogP contribution in [0, 0.1) is 0 Å². The van der Waals surface area contributed by atoms with E-state index < -0.39 is 23.5 Å². The van der Waals surface area contributed by atoms with Gasteiger partial charge in [0.1, 0.15) is 5.54 Å². The first-order chi connectivity index (χ1) is 9.84. The van der Waals surface area contributed by atoms with Crippen LogP contribution in [-0.2, 0) is 9.59 Å². The Labute approximate surface area is 127 Å². The zero-order valence-electron chi connectivity index (χ0n) is 11.6. The number of amides is 2. The van der Waals surface area contributed by atoms with Gasteiger partial charge < -0.3 is 16.2 Å². The molecule has 0 bridgehead atoms. The molecule has 4 N–H and O–H groups in total. The Bertz CT molecular complexity index is 607. The molecule has 5 nitrogen and oxygen atoms in total. The van der Waals surface area contributed by atoms with Gasteiger partial charge in [0, 0.05) is 23.4 Å². The summed E-state index contributed by atoms with van der Waals surface area (Å²) in [4.78, 5) is 23.6. The van der Waals surface area contributed by atoms with Gasteiger partial charge in [-0.25, -0.2) is 0 Å². The first kappa shape index (κ1) is 15.5. The number of aliphatic hydroxyl groups is 1. The smallest absolute Gasteiger partial charge is 0.247 e. The summed E-state index contributed by atoms with van der Waals surface area (Å²) in [6.45, 7) is 1.63. The number of benzene rings is 1. The molecule has 0 saturated heterocycles. The molecule has 21 heavy (non-hydrogen) atoms. The lowest BCUT2D eigenvalue weighted by Gasteiger charge is -2.43. The van der Waals surface area contributed by atoms with Crippen LogP contribution in [0.4, 0.5) is 0 Å². The van der Waals surface area contributed by atoms with E-state index in [4.69, 9.17) is 17.3 Å². The number of rotatable bonds is 4. The van der Waals surface area contributed by atoms with Crippen molar-refractivity contribution in [1.82, 2.24) is 5.32 Å². The average Bonchev–Trinajstić information content (AvgIpc) is 2.38. The van der Waals surface area contributed by atoms with Crippen molar-refractivity contribution in [2.75, 3.05) is 0 Å². The average molecular weight is 309 g/mol.